The first kappa shape index (κ1) is 16.6. The van der Waals surface area contributed by atoms with Crippen molar-refractivity contribution in [2.45, 2.75) is 13.0 Å². The number of ether oxygens (including phenoxy) is 1. The van der Waals surface area contributed by atoms with Gasteiger partial charge in [0.25, 0.3) is 0 Å². The van der Waals surface area contributed by atoms with Gasteiger partial charge in [0.2, 0.25) is 5.91 Å². The highest BCUT2D eigenvalue weighted by Gasteiger charge is 2.16. The van der Waals surface area contributed by atoms with Gasteiger partial charge in [0.1, 0.15) is 5.82 Å². The van der Waals surface area contributed by atoms with Crippen LogP contribution in [-0.4, -0.2) is 53.9 Å². The number of H-pyrrole nitrogens is 1. The van der Waals surface area contributed by atoms with Crippen LogP contribution < -0.4 is 5.32 Å². The number of carbonyl (C=O) groups is 1. The minimum atomic E-state index is -0.264. The predicted molar refractivity (Wildman–Crippen MR) is 87.7 cm³/mol. The molecule has 1 aliphatic heterocycles. The fourth-order valence-electron chi connectivity index (χ4n) is 2.70. The average molecular weight is 332 g/mol. The highest BCUT2D eigenvalue weighted by atomic mass is 19.1. The zero-order chi connectivity index (χ0) is 16.8. The van der Waals surface area contributed by atoms with Crippen LogP contribution in [0.2, 0.25) is 0 Å². The molecule has 1 aliphatic rings. The van der Waals surface area contributed by atoms with Crippen molar-refractivity contribution in [3.05, 3.63) is 41.8 Å². The van der Waals surface area contributed by atoms with Crippen molar-refractivity contribution in [1.29, 1.82) is 0 Å². The topological polar surface area (TPSA) is 70.2 Å². The van der Waals surface area contributed by atoms with E-state index < -0.39 is 0 Å². The molecule has 2 aromatic rings. The fraction of sp³-hybridized carbons (Fsp3) is 0.412. The Hall–Kier alpha value is -2.25. The molecule has 0 unspecified atom stereocenters. The normalized spacial score (nSPS) is 14.8. The van der Waals surface area contributed by atoms with Crippen LogP contribution in [0.4, 0.5) is 4.39 Å². The standard InChI is InChI=1S/C17H21FN4O2/c18-15-3-1-13(2-4-15)17-14(12-20-21-17)11-19-6-5-16(23)22-7-9-24-10-8-22/h1-4,12,19H,5-11H2,(H,20,21). The van der Waals surface area contributed by atoms with E-state index in [2.05, 4.69) is 15.5 Å². The lowest BCUT2D eigenvalue weighted by molar-refractivity contribution is -0.135. The van der Waals surface area contributed by atoms with Crippen molar-refractivity contribution >= 4 is 5.91 Å². The summed E-state index contributed by atoms with van der Waals surface area (Å²) in [6, 6.07) is 6.28. The second-order valence-electron chi connectivity index (χ2n) is 5.70. The number of nitrogens with zero attached hydrogens (tertiary/aromatic N) is 2. The minimum Gasteiger partial charge on any atom is -0.378 e. The summed E-state index contributed by atoms with van der Waals surface area (Å²) in [5, 5.41) is 10.3. The number of hydrogen-bond acceptors (Lipinski definition) is 4. The number of aromatic amines is 1. The average Bonchev–Trinajstić information content (AvgIpc) is 3.08. The van der Waals surface area contributed by atoms with Crippen molar-refractivity contribution in [2.75, 3.05) is 32.8 Å². The number of halogens is 1. The monoisotopic (exact) mass is 332 g/mol. The van der Waals surface area contributed by atoms with E-state index in [0.717, 1.165) is 16.8 Å². The Morgan fingerprint density at radius 2 is 2.04 bits per heavy atom. The first-order valence-corrected chi connectivity index (χ1v) is 8.08. The van der Waals surface area contributed by atoms with E-state index in [1.165, 1.54) is 12.1 Å². The van der Waals surface area contributed by atoms with E-state index in [-0.39, 0.29) is 11.7 Å². The number of morpholine rings is 1. The molecule has 1 saturated heterocycles. The van der Waals surface area contributed by atoms with Gasteiger partial charge in [-0.25, -0.2) is 4.39 Å². The molecule has 0 aliphatic carbocycles. The molecular weight excluding hydrogens is 311 g/mol. The van der Waals surface area contributed by atoms with Crippen LogP contribution in [-0.2, 0) is 16.1 Å². The number of hydrogen-bond donors (Lipinski definition) is 2. The number of benzene rings is 1. The summed E-state index contributed by atoms with van der Waals surface area (Å²) in [5.41, 5.74) is 2.73. The summed E-state index contributed by atoms with van der Waals surface area (Å²) < 4.78 is 18.3. The molecule has 0 saturated carbocycles. The Morgan fingerprint density at radius 3 is 2.79 bits per heavy atom. The van der Waals surface area contributed by atoms with Gasteiger partial charge >= 0.3 is 0 Å². The lowest BCUT2D eigenvalue weighted by Gasteiger charge is -2.26. The summed E-state index contributed by atoms with van der Waals surface area (Å²) >= 11 is 0. The van der Waals surface area contributed by atoms with Gasteiger partial charge < -0.3 is 15.0 Å². The molecule has 1 amide bonds. The van der Waals surface area contributed by atoms with E-state index in [1.54, 1.807) is 18.3 Å². The predicted octanol–water partition coefficient (Wildman–Crippen LogP) is 1.55. The highest BCUT2D eigenvalue weighted by Crippen LogP contribution is 2.21. The van der Waals surface area contributed by atoms with E-state index >= 15 is 0 Å². The highest BCUT2D eigenvalue weighted by molar-refractivity contribution is 5.76. The lowest BCUT2D eigenvalue weighted by Crippen LogP contribution is -2.41. The number of rotatable bonds is 6. The molecule has 6 nitrogen and oxygen atoms in total. The number of aromatic nitrogens is 2. The molecule has 1 aromatic carbocycles. The zero-order valence-electron chi connectivity index (χ0n) is 13.4. The summed E-state index contributed by atoms with van der Waals surface area (Å²) in [6.07, 6.45) is 2.21. The summed E-state index contributed by atoms with van der Waals surface area (Å²) in [7, 11) is 0. The minimum absolute atomic E-state index is 0.150. The molecule has 3 rings (SSSR count). The molecule has 0 spiro atoms. The maximum absolute atomic E-state index is 13.0. The molecule has 2 N–H and O–H groups in total. The summed E-state index contributed by atoms with van der Waals surface area (Å²) in [5.74, 6) is -0.115. The number of amides is 1. The largest absolute Gasteiger partial charge is 0.378 e. The second-order valence-corrected chi connectivity index (χ2v) is 5.70. The van der Waals surface area contributed by atoms with E-state index in [9.17, 15) is 9.18 Å². The Kier molecular flexibility index (Phi) is 5.55. The van der Waals surface area contributed by atoms with Crippen molar-refractivity contribution in [2.24, 2.45) is 0 Å². The number of nitrogens with one attached hydrogen (secondary N) is 2. The molecular formula is C17H21FN4O2. The smallest absolute Gasteiger partial charge is 0.224 e. The van der Waals surface area contributed by atoms with Gasteiger partial charge in [-0.3, -0.25) is 9.89 Å². The maximum Gasteiger partial charge on any atom is 0.224 e. The zero-order valence-corrected chi connectivity index (χ0v) is 13.4. The van der Waals surface area contributed by atoms with Crippen molar-refractivity contribution < 1.29 is 13.9 Å². The summed E-state index contributed by atoms with van der Waals surface area (Å²) in [4.78, 5) is 13.9. The van der Waals surface area contributed by atoms with Gasteiger partial charge in [-0.05, 0) is 24.3 Å². The van der Waals surface area contributed by atoms with E-state index in [4.69, 9.17) is 4.74 Å². The fourth-order valence-corrected chi connectivity index (χ4v) is 2.70. The van der Waals surface area contributed by atoms with Gasteiger partial charge in [0, 0.05) is 43.7 Å². The Labute approximate surface area is 140 Å². The second kappa shape index (κ2) is 8.03. The van der Waals surface area contributed by atoms with Crippen LogP contribution in [0.5, 0.6) is 0 Å². The van der Waals surface area contributed by atoms with Crippen molar-refractivity contribution in [1.82, 2.24) is 20.4 Å². The molecule has 0 bridgehead atoms. The van der Waals surface area contributed by atoms with Crippen molar-refractivity contribution in [3.8, 4) is 11.3 Å². The van der Waals surface area contributed by atoms with Gasteiger partial charge in [-0.2, -0.15) is 5.10 Å². The third kappa shape index (κ3) is 4.18. The Balaban J connectivity index is 1.48. The molecule has 0 radical (unpaired) electrons. The quantitative estimate of drug-likeness (QED) is 0.788. The van der Waals surface area contributed by atoms with Crippen LogP contribution >= 0.6 is 0 Å². The van der Waals surface area contributed by atoms with Gasteiger partial charge in [-0.15, -0.1) is 0 Å². The molecule has 2 heterocycles. The van der Waals surface area contributed by atoms with Crippen LogP contribution in [0.1, 0.15) is 12.0 Å². The molecule has 1 aromatic heterocycles. The van der Waals surface area contributed by atoms with E-state index in [0.29, 0.717) is 45.8 Å². The summed E-state index contributed by atoms with van der Waals surface area (Å²) in [6.45, 7) is 3.79. The maximum atomic E-state index is 13.0. The number of carbonyl (C=O) groups excluding carboxylic acids is 1. The van der Waals surface area contributed by atoms with Gasteiger partial charge in [0.05, 0.1) is 25.1 Å². The Bertz CT molecular complexity index is 665. The molecule has 128 valence electrons. The molecule has 1 fully saturated rings. The molecule has 24 heavy (non-hydrogen) atoms. The first-order valence-electron chi connectivity index (χ1n) is 8.08. The lowest BCUT2D eigenvalue weighted by atomic mass is 10.1. The molecule has 7 heteroatoms. The van der Waals surface area contributed by atoms with Crippen LogP contribution in [0.15, 0.2) is 30.5 Å². The first-order chi connectivity index (χ1) is 11.7. The van der Waals surface area contributed by atoms with Gasteiger partial charge in [0.15, 0.2) is 0 Å². The van der Waals surface area contributed by atoms with Crippen molar-refractivity contribution in [3.63, 3.8) is 0 Å². The third-order valence-electron chi connectivity index (χ3n) is 4.05. The Morgan fingerprint density at radius 1 is 1.29 bits per heavy atom. The molecule has 0 atom stereocenters. The van der Waals surface area contributed by atoms with Crippen LogP contribution in [0, 0.1) is 5.82 Å². The van der Waals surface area contributed by atoms with Crippen LogP contribution in [0.3, 0.4) is 0 Å². The van der Waals surface area contributed by atoms with Gasteiger partial charge in [-0.1, -0.05) is 0 Å². The SMILES string of the molecule is O=C(CCNCc1cn[nH]c1-c1ccc(F)cc1)N1CCOCC1. The van der Waals surface area contributed by atoms with Crippen LogP contribution in [0.25, 0.3) is 11.3 Å². The third-order valence-corrected chi connectivity index (χ3v) is 4.05. The van der Waals surface area contributed by atoms with E-state index in [1.807, 2.05) is 4.90 Å².